The Labute approximate surface area is 204 Å². The zero-order chi connectivity index (χ0) is 22.3. The summed E-state index contributed by atoms with van der Waals surface area (Å²) in [6.07, 6.45) is 4.69. The molecule has 1 aliphatic heterocycles. The van der Waals surface area contributed by atoms with E-state index in [0.717, 1.165) is 17.3 Å². The van der Waals surface area contributed by atoms with Crippen LogP contribution in [0.2, 0.25) is 0 Å². The van der Waals surface area contributed by atoms with Gasteiger partial charge < -0.3 is 0 Å². The van der Waals surface area contributed by atoms with Crippen molar-refractivity contribution in [2.24, 2.45) is 10.4 Å². The topological polar surface area (TPSA) is 12.4 Å². The summed E-state index contributed by atoms with van der Waals surface area (Å²) in [6.45, 7) is 7.09. The highest BCUT2D eigenvalue weighted by atomic mass is 79.9. The molecule has 1 nitrogen and oxygen atoms in total. The number of rotatable bonds is 5. The van der Waals surface area contributed by atoms with Crippen molar-refractivity contribution in [1.29, 1.82) is 0 Å². The quantitative estimate of drug-likeness (QED) is 0.315. The minimum absolute atomic E-state index is 0.239. The lowest BCUT2D eigenvalue weighted by Crippen LogP contribution is -2.30. The number of benzene rings is 3. The van der Waals surface area contributed by atoms with E-state index in [0.29, 0.717) is 0 Å². The van der Waals surface area contributed by atoms with Crippen molar-refractivity contribution in [3.63, 3.8) is 0 Å². The van der Waals surface area contributed by atoms with Crippen LogP contribution in [0.5, 0.6) is 0 Å². The summed E-state index contributed by atoms with van der Waals surface area (Å²) in [5.74, 6) is 1.44. The van der Waals surface area contributed by atoms with Crippen molar-refractivity contribution in [3.05, 3.63) is 86.7 Å². The second-order valence-electron chi connectivity index (χ2n) is 9.82. The maximum absolute atomic E-state index is 5.40. The van der Waals surface area contributed by atoms with Crippen LogP contribution in [0.25, 0.3) is 10.8 Å². The zero-order valence-electron chi connectivity index (χ0n) is 19.1. The van der Waals surface area contributed by atoms with Crippen LogP contribution in [0.4, 0.5) is 5.69 Å². The summed E-state index contributed by atoms with van der Waals surface area (Å²) in [7, 11) is 0. The first-order valence-electron chi connectivity index (χ1n) is 11.7. The Morgan fingerprint density at radius 1 is 1.00 bits per heavy atom. The van der Waals surface area contributed by atoms with E-state index >= 15 is 0 Å². The largest absolute Gasteiger partial charge is 0.252 e. The predicted molar refractivity (Wildman–Crippen MR) is 144 cm³/mol. The third-order valence-electron chi connectivity index (χ3n) is 6.65. The van der Waals surface area contributed by atoms with Gasteiger partial charge in [-0.15, -0.1) is 11.8 Å². The molecule has 32 heavy (non-hydrogen) atoms. The smallest absolute Gasteiger partial charge is 0.0753 e. The molecule has 0 spiro atoms. The van der Waals surface area contributed by atoms with Gasteiger partial charge >= 0.3 is 0 Å². The number of allylic oxidation sites excluding steroid dienone is 2. The number of unbranched alkanes of at least 4 members (excludes halogenated alkanes) is 1. The Kier molecular flexibility index (Phi) is 6.07. The Balaban J connectivity index is 1.77. The van der Waals surface area contributed by atoms with Gasteiger partial charge in [-0.25, -0.2) is 0 Å². The van der Waals surface area contributed by atoms with Crippen LogP contribution in [-0.2, 0) is 0 Å². The van der Waals surface area contributed by atoms with Gasteiger partial charge in [-0.3, -0.25) is 4.99 Å². The molecule has 0 fully saturated rings. The second-order valence-corrected chi connectivity index (χ2v) is 11.9. The molecule has 2 aliphatic rings. The van der Waals surface area contributed by atoms with Gasteiger partial charge in [0.2, 0.25) is 0 Å². The van der Waals surface area contributed by atoms with Gasteiger partial charge in [0, 0.05) is 21.5 Å². The molecule has 5 rings (SSSR count). The van der Waals surface area contributed by atoms with Gasteiger partial charge in [0.15, 0.2) is 0 Å². The van der Waals surface area contributed by atoms with E-state index in [-0.39, 0.29) is 11.3 Å². The Bertz CT molecular complexity index is 1220. The van der Waals surface area contributed by atoms with Crippen LogP contribution in [0.15, 0.2) is 80.6 Å². The molecule has 3 heteroatoms. The van der Waals surface area contributed by atoms with Gasteiger partial charge in [-0.2, -0.15) is 0 Å². The average molecular weight is 505 g/mol. The second kappa shape index (κ2) is 8.83. The fourth-order valence-electron chi connectivity index (χ4n) is 5.12. The van der Waals surface area contributed by atoms with E-state index in [4.69, 9.17) is 4.99 Å². The molecule has 0 radical (unpaired) electrons. The molecule has 0 amide bonds. The van der Waals surface area contributed by atoms with Crippen LogP contribution in [0.3, 0.4) is 0 Å². The van der Waals surface area contributed by atoms with E-state index in [1.807, 2.05) is 0 Å². The highest BCUT2D eigenvalue weighted by Crippen LogP contribution is 2.53. The monoisotopic (exact) mass is 503 g/mol. The highest BCUT2D eigenvalue weighted by molar-refractivity contribution is 9.10. The Hall–Kier alpha value is -1.84. The first kappa shape index (κ1) is 22.0. The third kappa shape index (κ3) is 4.10. The number of fused-ring (bicyclic) bond motifs is 4. The van der Waals surface area contributed by atoms with Crippen molar-refractivity contribution in [3.8, 4) is 0 Å². The molecule has 1 atom stereocenters. The normalized spacial score (nSPS) is 19.5. The van der Waals surface area contributed by atoms with Crippen LogP contribution in [0, 0.1) is 5.41 Å². The lowest BCUT2D eigenvalue weighted by Gasteiger charge is -2.40. The lowest BCUT2D eigenvalue weighted by atomic mass is 9.69. The fourth-order valence-corrected chi connectivity index (χ4v) is 6.95. The van der Waals surface area contributed by atoms with Crippen molar-refractivity contribution < 1.29 is 0 Å². The van der Waals surface area contributed by atoms with Gasteiger partial charge in [0.1, 0.15) is 0 Å². The molecule has 0 aromatic heterocycles. The summed E-state index contributed by atoms with van der Waals surface area (Å²) < 4.78 is 1.13. The van der Waals surface area contributed by atoms with Gasteiger partial charge in [0.25, 0.3) is 0 Å². The molecule has 3 aromatic rings. The van der Waals surface area contributed by atoms with Crippen LogP contribution < -0.4 is 0 Å². The first-order valence-corrected chi connectivity index (χ1v) is 13.5. The Morgan fingerprint density at radius 2 is 1.78 bits per heavy atom. The number of nitrogens with zero attached hydrogens (tertiary/aromatic N) is 1. The molecule has 1 unspecified atom stereocenters. The number of aliphatic imine (C=N–C) groups is 1. The molecule has 0 saturated heterocycles. The summed E-state index contributed by atoms with van der Waals surface area (Å²) in [5, 5.41) is 2.53. The number of hydrogen-bond acceptors (Lipinski definition) is 2. The maximum atomic E-state index is 5.40. The molecule has 3 aromatic carbocycles. The van der Waals surface area contributed by atoms with E-state index in [9.17, 15) is 0 Å². The predicted octanol–water partition coefficient (Wildman–Crippen LogP) is 9.43. The van der Waals surface area contributed by atoms with E-state index in [1.165, 1.54) is 57.5 Å². The van der Waals surface area contributed by atoms with E-state index in [2.05, 4.69) is 109 Å². The number of hydrogen-bond donors (Lipinski definition) is 0. The van der Waals surface area contributed by atoms with Crippen LogP contribution in [0.1, 0.15) is 63.5 Å². The Morgan fingerprint density at radius 3 is 2.56 bits per heavy atom. The van der Waals surface area contributed by atoms with Crippen LogP contribution in [-0.4, -0.2) is 11.5 Å². The van der Waals surface area contributed by atoms with Crippen LogP contribution >= 0.6 is 27.7 Å². The van der Waals surface area contributed by atoms with E-state index in [1.54, 1.807) is 4.91 Å². The van der Waals surface area contributed by atoms with Gasteiger partial charge in [-0.05, 0) is 69.6 Å². The van der Waals surface area contributed by atoms with Gasteiger partial charge in [0.05, 0.1) is 5.69 Å². The zero-order valence-corrected chi connectivity index (χ0v) is 21.5. The summed E-state index contributed by atoms with van der Waals surface area (Å²) in [6, 6.07) is 22.2. The molecule has 1 heterocycles. The first-order chi connectivity index (χ1) is 15.5. The SMILES string of the molecule is CCCCSC1=C2C(=Nc3c(ccc4ccccc34)C2c2ccc(Br)cc2)CC(C)(C)C1. The molecular formula is C29H30BrNS. The molecule has 1 aliphatic carbocycles. The third-order valence-corrected chi connectivity index (χ3v) is 8.39. The van der Waals surface area contributed by atoms with Gasteiger partial charge in [-0.1, -0.05) is 91.7 Å². The fraction of sp³-hybridized carbons (Fsp3) is 0.345. The lowest BCUT2D eigenvalue weighted by molar-refractivity contribution is 0.377. The van der Waals surface area contributed by atoms with Crippen molar-refractivity contribution in [1.82, 2.24) is 0 Å². The molecule has 0 saturated carbocycles. The van der Waals surface area contributed by atoms with Crippen molar-refractivity contribution >= 4 is 49.9 Å². The minimum Gasteiger partial charge on any atom is -0.252 e. The maximum Gasteiger partial charge on any atom is 0.0753 e. The standard InChI is InChI=1S/C29H30BrNS/c1-4-5-16-32-25-18-29(2,3)17-24-27(25)26(20-10-13-21(30)14-11-20)23-15-12-19-8-6-7-9-22(19)28(23)31-24/h6-15,26H,4-5,16-18H2,1-3H3. The molecule has 164 valence electrons. The molecular weight excluding hydrogens is 474 g/mol. The summed E-state index contributed by atoms with van der Waals surface area (Å²) in [4.78, 5) is 6.95. The highest BCUT2D eigenvalue weighted by Gasteiger charge is 2.39. The number of halogens is 1. The van der Waals surface area contributed by atoms with Crippen molar-refractivity contribution in [2.45, 2.75) is 52.4 Å². The van der Waals surface area contributed by atoms with Crippen molar-refractivity contribution in [2.75, 3.05) is 5.75 Å². The van der Waals surface area contributed by atoms with E-state index < -0.39 is 0 Å². The minimum atomic E-state index is 0.239. The summed E-state index contributed by atoms with van der Waals surface area (Å²) >= 11 is 5.71. The average Bonchev–Trinajstić information content (AvgIpc) is 2.77. The molecule has 0 N–H and O–H groups in total. The molecule has 0 bridgehead atoms. The summed E-state index contributed by atoms with van der Waals surface area (Å²) in [5.41, 5.74) is 6.90. The number of thioether (sulfide) groups is 1.